The molecule has 8 nitrogen and oxygen atoms in total. The fourth-order valence-corrected chi connectivity index (χ4v) is 3.93. The molecule has 1 unspecified atom stereocenters. The molecule has 0 saturated carbocycles. The lowest BCUT2D eigenvalue weighted by Gasteiger charge is -2.15. The molecular formula is C20H19Cl2N5O3S. The lowest BCUT2D eigenvalue weighted by atomic mass is 10.1. The monoisotopic (exact) mass is 479 g/mol. The summed E-state index contributed by atoms with van der Waals surface area (Å²) in [5.41, 5.74) is 0.854. The summed E-state index contributed by atoms with van der Waals surface area (Å²) in [5, 5.41) is 15.8. The second-order valence-electron chi connectivity index (χ2n) is 6.39. The van der Waals surface area contributed by atoms with E-state index in [1.165, 1.54) is 0 Å². The van der Waals surface area contributed by atoms with Crippen molar-refractivity contribution in [3.05, 3.63) is 64.1 Å². The Kier molecular flexibility index (Phi) is 8.27. The fraction of sp³-hybridized carbons (Fsp3) is 0.250. The quantitative estimate of drug-likeness (QED) is 0.485. The number of ketones is 1. The smallest absolute Gasteiger partial charge is 0.408 e. The number of hydrogen-bond donors (Lipinski definition) is 1. The van der Waals surface area contributed by atoms with E-state index >= 15 is 0 Å². The predicted molar refractivity (Wildman–Crippen MR) is 117 cm³/mol. The van der Waals surface area contributed by atoms with E-state index in [0.29, 0.717) is 26.5 Å². The van der Waals surface area contributed by atoms with Gasteiger partial charge in [-0.15, -0.1) is 10.2 Å². The molecule has 0 radical (unpaired) electrons. The number of aromatic nitrogens is 4. The summed E-state index contributed by atoms with van der Waals surface area (Å²) in [4.78, 5) is 26.4. The number of benzene rings is 2. The van der Waals surface area contributed by atoms with Crippen LogP contribution in [0.15, 0.2) is 58.6 Å². The molecule has 1 amide bonds. The molecule has 31 heavy (non-hydrogen) atoms. The van der Waals surface area contributed by atoms with Gasteiger partial charge in [0, 0.05) is 0 Å². The zero-order valence-corrected chi connectivity index (χ0v) is 18.8. The van der Waals surface area contributed by atoms with Crippen LogP contribution in [0.4, 0.5) is 4.79 Å². The van der Waals surface area contributed by atoms with Gasteiger partial charge in [0.1, 0.15) is 13.2 Å². The third-order valence-electron chi connectivity index (χ3n) is 4.15. The number of carbonyl (C=O) groups excluding carboxylic acids is 2. The van der Waals surface area contributed by atoms with Crippen molar-refractivity contribution in [2.45, 2.75) is 42.6 Å². The third kappa shape index (κ3) is 6.68. The number of Topliss-reactive ketones (excluding diaryl/α,β-unsaturated/α-hetero) is 1. The number of tetrazole rings is 1. The molecule has 0 aliphatic carbocycles. The van der Waals surface area contributed by atoms with Gasteiger partial charge in [0.15, 0.2) is 5.78 Å². The maximum atomic E-state index is 12.6. The normalized spacial score (nSPS) is 11.7. The molecule has 1 atom stereocenters. The molecule has 0 spiro atoms. The Hall–Kier alpha value is -2.62. The summed E-state index contributed by atoms with van der Waals surface area (Å²) in [6.45, 7) is 1.75. The minimum absolute atomic E-state index is 0.118. The summed E-state index contributed by atoms with van der Waals surface area (Å²) in [6.07, 6.45) is -0.273. The fourth-order valence-electron chi connectivity index (χ4n) is 2.57. The van der Waals surface area contributed by atoms with E-state index in [-0.39, 0.29) is 18.9 Å². The molecule has 1 N–H and O–H groups in total. The number of hydrogen-bond acceptors (Lipinski definition) is 7. The van der Waals surface area contributed by atoms with E-state index in [0.717, 1.165) is 22.1 Å². The van der Waals surface area contributed by atoms with Crippen molar-refractivity contribution in [3.8, 4) is 0 Å². The van der Waals surface area contributed by atoms with Crippen molar-refractivity contribution in [1.82, 2.24) is 25.5 Å². The van der Waals surface area contributed by atoms with Gasteiger partial charge in [-0.3, -0.25) is 4.79 Å². The molecule has 162 valence electrons. The summed E-state index contributed by atoms with van der Waals surface area (Å²) >= 11 is 13.4. The SMILES string of the molecule is CCC(NC(=O)OCc1ccccc1)C(=O)Cn1nnc(Sc2c(Cl)cccc2Cl)n1. The minimum Gasteiger partial charge on any atom is -0.445 e. The lowest BCUT2D eigenvalue weighted by molar-refractivity contribution is -0.122. The van der Waals surface area contributed by atoms with E-state index in [1.807, 2.05) is 30.3 Å². The van der Waals surface area contributed by atoms with E-state index in [9.17, 15) is 9.59 Å². The van der Waals surface area contributed by atoms with Crippen LogP contribution in [0.2, 0.25) is 10.0 Å². The number of carbonyl (C=O) groups is 2. The molecule has 2 aromatic carbocycles. The van der Waals surface area contributed by atoms with Crippen LogP contribution in [0.5, 0.6) is 0 Å². The lowest BCUT2D eigenvalue weighted by Crippen LogP contribution is -2.42. The average molecular weight is 480 g/mol. The second-order valence-corrected chi connectivity index (χ2v) is 8.18. The van der Waals surface area contributed by atoms with Crippen LogP contribution in [0.3, 0.4) is 0 Å². The first-order valence-electron chi connectivity index (χ1n) is 9.36. The standard InChI is InChI=1S/C20H19Cl2N5O3S/c1-2-16(23-20(29)30-12-13-7-4-3-5-8-13)17(28)11-27-25-19(24-26-27)31-18-14(21)9-6-10-15(18)22/h3-10,16H,2,11-12H2,1H3,(H,23,29). The number of nitrogens with zero attached hydrogens (tertiary/aromatic N) is 4. The van der Waals surface area contributed by atoms with Gasteiger partial charge < -0.3 is 10.1 Å². The largest absolute Gasteiger partial charge is 0.445 e. The highest BCUT2D eigenvalue weighted by Crippen LogP contribution is 2.36. The number of ether oxygens (including phenoxy) is 1. The number of alkyl carbamates (subject to hydrolysis) is 1. The Morgan fingerprint density at radius 2 is 1.84 bits per heavy atom. The maximum absolute atomic E-state index is 12.6. The summed E-state index contributed by atoms with van der Waals surface area (Å²) < 4.78 is 5.17. The first-order chi connectivity index (χ1) is 15.0. The van der Waals surface area contributed by atoms with Crippen molar-refractivity contribution < 1.29 is 14.3 Å². The Labute approximate surface area is 193 Å². The number of amides is 1. The van der Waals surface area contributed by atoms with Gasteiger partial charge in [-0.05, 0) is 41.1 Å². The molecule has 3 rings (SSSR count). The Balaban J connectivity index is 1.54. The van der Waals surface area contributed by atoms with Crippen molar-refractivity contribution in [2.75, 3.05) is 0 Å². The zero-order valence-electron chi connectivity index (χ0n) is 16.5. The molecule has 3 aromatic rings. The van der Waals surface area contributed by atoms with Gasteiger partial charge in [0.2, 0.25) is 5.16 Å². The van der Waals surface area contributed by atoms with Crippen LogP contribution >= 0.6 is 35.0 Å². The highest BCUT2D eigenvalue weighted by molar-refractivity contribution is 7.99. The third-order valence-corrected chi connectivity index (χ3v) is 5.99. The number of halogens is 2. The van der Waals surface area contributed by atoms with E-state index in [4.69, 9.17) is 27.9 Å². The van der Waals surface area contributed by atoms with Crippen molar-refractivity contribution in [1.29, 1.82) is 0 Å². The van der Waals surface area contributed by atoms with Crippen molar-refractivity contribution in [3.63, 3.8) is 0 Å². The van der Waals surface area contributed by atoms with Crippen LogP contribution in [0.1, 0.15) is 18.9 Å². The Morgan fingerprint density at radius 3 is 2.52 bits per heavy atom. The first kappa shape index (κ1) is 23.1. The molecule has 0 aliphatic rings. The van der Waals surface area contributed by atoms with Gasteiger partial charge in [-0.2, -0.15) is 4.80 Å². The van der Waals surface area contributed by atoms with Crippen LogP contribution in [0.25, 0.3) is 0 Å². The average Bonchev–Trinajstić information content (AvgIpc) is 3.20. The summed E-state index contributed by atoms with van der Waals surface area (Å²) in [5.74, 6) is -0.274. The van der Waals surface area contributed by atoms with Gasteiger partial charge in [0.05, 0.1) is 21.0 Å². The van der Waals surface area contributed by atoms with Gasteiger partial charge >= 0.3 is 6.09 Å². The highest BCUT2D eigenvalue weighted by Gasteiger charge is 2.21. The second kappa shape index (κ2) is 11.1. The topological polar surface area (TPSA) is 99.0 Å². The molecule has 0 bridgehead atoms. The van der Waals surface area contributed by atoms with Crippen LogP contribution in [-0.4, -0.2) is 38.1 Å². The molecule has 0 fully saturated rings. The number of rotatable bonds is 9. The highest BCUT2D eigenvalue weighted by atomic mass is 35.5. The van der Waals surface area contributed by atoms with Gasteiger partial charge in [-0.25, -0.2) is 4.79 Å². The van der Waals surface area contributed by atoms with Crippen molar-refractivity contribution >= 4 is 46.8 Å². The molecule has 1 heterocycles. The van der Waals surface area contributed by atoms with Crippen LogP contribution in [-0.2, 0) is 22.7 Å². The molecule has 1 aromatic heterocycles. The zero-order chi connectivity index (χ0) is 22.2. The summed E-state index contributed by atoms with van der Waals surface area (Å²) in [6, 6.07) is 13.7. The van der Waals surface area contributed by atoms with Crippen LogP contribution < -0.4 is 5.32 Å². The van der Waals surface area contributed by atoms with Gasteiger partial charge in [0.25, 0.3) is 0 Å². The molecule has 11 heteroatoms. The van der Waals surface area contributed by atoms with E-state index in [1.54, 1.807) is 25.1 Å². The predicted octanol–water partition coefficient (Wildman–Crippen LogP) is 4.41. The minimum atomic E-state index is -0.733. The molecular weight excluding hydrogens is 461 g/mol. The maximum Gasteiger partial charge on any atom is 0.408 e. The van der Waals surface area contributed by atoms with Crippen LogP contribution in [0, 0.1) is 0 Å². The van der Waals surface area contributed by atoms with Crippen molar-refractivity contribution in [2.24, 2.45) is 0 Å². The van der Waals surface area contributed by atoms with Gasteiger partial charge in [-0.1, -0.05) is 66.5 Å². The Morgan fingerprint density at radius 1 is 1.13 bits per heavy atom. The number of nitrogens with one attached hydrogen (secondary N) is 1. The molecule has 0 saturated heterocycles. The Bertz CT molecular complexity index is 1030. The van der Waals surface area contributed by atoms with E-state index in [2.05, 4.69) is 20.7 Å². The summed E-state index contributed by atoms with van der Waals surface area (Å²) in [7, 11) is 0. The first-order valence-corrected chi connectivity index (χ1v) is 10.9. The molecule has 0 aliphatic heterocycles. The van der Waals surface area contributed by atoms with E-state index < -0.39 is 12.1 Å².